The van der Waals surface area contributed by atoms with Gasteiger partial charge in [-0.1, -0.05) is 42.5 Å². The Kier molecular flexibility index (Phi) is 8.40. The summed E-state index contributed by atoms with van der Waals surface area (Å²) in [6.45, 7) is 3.55. The van der Waals surface area contributed by atoms with Gasteiger partial charge in [0.15, 0.2) is 0 Å². The van der Waals surface area contributed by atoms with Crippen LogP contribution in [0.4, 0.5) is 5.95 Å². The van der Waals surface area contributed by atoms with E-state index in [1.165, 1.54) is 23.6 Å². The molecule has 2 aromatic carbocycles. The molecule has 5 rings (SSSR count). The van der Waals surface area contributed by atoms with E-state index in [0.717, 1.165) is 48.0 Å². The lowest BCUT2D eigenvalue weighted by Gasteiger charge is -2.33. The molecule has 1 aliphatic rings. The summed E-state index contributed by atoms with van der Waals surface area (Å²) in [5.41, 5.74) is 18.5. The third-order valence-corrected chi connectivity index (χ3v) is 7.67. The highest BCUT2D eigenvalue weighted by atomic mass is 16.2. The normalized spacial score (nSPS) is 16.1. The molecule has 2 amide bonds. The maximum absolute atomic E-state index is 13.3. The summed E-state index contributed by atoms with van der Waals surface area (Å²) < 4.78 is 0. The fraction of sp³-hybridized carbons (Fsp3) is 0.355. The highest BCUT2D eigenvalue weighted by Crippen LogP contribution is 2.33. The summed E-state index contributed by atoms with van der Waals surface area (Å²) in [5.74, 6) is 0.543. The molecule has 0 aliphatic carbocycles. The summed E-state index contributed by atoms with van der Waals surface area (Å²) in [5, 5.41) is 4.10. The van der Waals surface area contributed by atoms with Crippen molar-refractivity contribution in [2.45, 2.75) is 51.0 Å². The fourth-order valence-electron chi connectivity index (χ4n) is 5.69. The molecule has 1 aliphatic heterocycles. The largest absolute Gasteiger partial charge is 0.368 e. The molecule has 0 bridgehead atoms. The van der Waals surface area contributed by atoms with Crippen molar-refractivity contribution in [1.29, 1.82) is 0 Å². The summed E-state index contributed by atoms with van der Waals surface area (Å²) in [6.07, 6.45) is 7.05. The number of rotatable bonds is 9. The van der Waals surface area contributed by atoms with Crippen molar-refractivity contribution in [1.82, 2.24) is 25.2 Å². The molecule has 208 valence electrons. The van der Waals surface area contributed by atoms with Gasteiger partial charge >= 0.3 is 0 Å². The van der Waals surface area contributed by atoms with E-state index in [9.17, 15) is 9.59 Å². The van der Waals surface area contributed by atoms with Crippen molar-refractivity contribution >= 4 is 28.7 Å². The predicted molar refractivity (Wildman–Crippen MR) is 157 cm³/mol. The first kappa shape index (κ1) is 27.3. The van der Waals surface area contributed by atoms with Crippen LogP contribution in [0.5, 0.6) is 0 Å². The molecule has 0 radical (unpaired) electrons. The number of piperidine rings is 1. The van der Waals surface area contributed by atoms with Gasteiger partial charge in [-0.05, 0) is 48.4 Å². The summed E-state index contributed by atoms with van der Waals surface area (Å²) in [6, 6.07) is 16.1. The van der Waals surface area contributed by atoms with Crippen LogP contribution < -0.4 is 16.8 Å². The molecule has 9 heteroatoms. The van der Waals surface area contributed by atoms with Crippen LogP contribution in [0.2, 0.25) is 0 Å². The molecule has 0 saturated carbocycles. The summed E-state index contributed by atoms with van der Waals surface area (Å²) in [7, 11) is 0. The van der Waals surface area contributed by atoms with E-state index < -0.39 is 0 Å². The van der Waals surface area contributed by atoms with Crippen molar-refractivity contribution < 1.29 is 9.59 Å². The number of aromatic nitrogens is 3. The standard InChI is InChI=1S/C31H37N7O2/c1-20(39)34-13-12-27-26-6-2-3-7-28(26)37-30(27)23-5-4-14-38(19-23)29(40)16-25(32)15-21-8-10-22(11-9-21)24-17-35-31(33)36-18-24/h2-3,6-11,17-18,23,25,37H,4-5,12-16,19,32H2,1H3,(H,34,39)(H2,33,35,36). The predicted octanol–water partition coefficient (Wildman–Crippen LogP) is 3.55. The number of hydrogen-bond acceptors (Lipinski definition) is 6. The van der Waals surface area contributed by atoms with Gasteiger partial charge < -0.3 is 26.7 Å². The molecule has 2 unspecified atom stereocenters. The summed E-state index contributed by atoms with van der Waals surface area (Å²) >= 11 is 0. The number of nitrogens with zero attached hydrogens (tertiary/aromatic N) is 3. The van der Waals surface area contributed by atoms with Crippen LogP contribution in [-0.2, 0) is 22.4 Å². The Morgan fingerprint density at radius 1 is 1.10 bits per heavy atom. The first-order valence-corrected chi connectivity index (χ1v) is 13.9. The van der Waals surface area contributed by atoms with Gasteiger partial charge in [-0.2, -0.15) is 0 Å². The van der Waals surface area contributed by atoms with Gasteiger partial charge in [0.05, 0.1) is 0 Å². The zero-order valence-electron chi connectivity index (χ0n) is 22.9. The molecular weight excluding hydrogens is 502 g/mol. The van der Waals surface area contributed by atoms with Crippen LogP contribution in [0.1, 0.15) is 48.9 Å². The van der Waals surface area contributed by atoms with Crippen molar-refractivity contribution in [2.75, 3.05) is 25.4 Å². The fourth-order valence-corrected chi connectivity index (χ4v) is 5.69. The Bertz CT molecular complexity index is 1460. The monoisotopic (exact) mass is 539 g/mol. The summed E-state index contributed by atoms with van der Waals surface area (Å²) in [4.78, 5) is 38.5. The number of carbonyl (C=O) groups is 2. The Balaban J connectivity index is 1.21. The van der Waals surface area contributed by atoms with Gasteiger partial charge in [0.2, 0.25) is 17.8 Å². The van der Waals surface area contributed by atoms with Crippen LogP contribution in [0.15, 0.2) is 60.9 Å². The number of nitrogen functional groups attached to an aromatic ring is 1. The SMILES string of the molecule is CC(=O)NCCc1c(C2CCCN(C(=O)CC(N)Cc3ccc(-c4cnc(N)nc4)cc3)C2)[nH]c2ccccc12. The van der Waals surface area contributed by atoms with Crippen molar-refractivity contribution in [3.8, 4) is 11.1 Å². The molecule has 0 spiro atoms. The third kappa shape index (κ3) is 6.48. The smallest absolute Gasteiger partial charge is 0.224 e. The number of fused-ring (bicyclic) bond motifs is 1. The second-order valence-electron chi connectivity index (χ2n) is 10.7. The molecule has 3 heterocycles. The van der Waals surface area contributed by atoms with Crippen molar-refractivity contribution in [2.24, 2.45) is 5.73 Å². The van der Waals surface area contributed by atoms with Gasteiger partial charge in [0, 0.05) is 79.5 Å². The minimum absolute atomic E-state index is 0.0282. The zero-order valence-corrected chi connectivity index (χ0v) is 22.9. The zero-order chi connectivity index (χ0) is 28.1. The third-order valence-electron chi connectivity index (χ3n) is 7.67. The number of aromatic amines is 1. The second kappa shape index (κ2) is 12.3. The number of nitrogens with one attached hydrogen (secondary N) is 2. The van der Waals surface area contributed by atoms with Crippen LogP contribution in [0.3, 0.4) is 0 Å². The maximum atomic E-state index is 13.3. The lowest BCUT2D eigenvalue weighted by atomic mass is 9.90. The van der Waals surface area contributed by atoms with Gasteiger partial charge in [0.1, 0.15) is 0 Å². The Labute approximate surface area is 234 Å². The number of benzene rings is 2. The molecule has 2 atom stereocenters. The first-order chi connectivity index (χ1) is 19.4. The Morgan fingerprint density at radius 3 is 2.60 bits per heavy atom. The van der Waals surface area contributed by atoms with E-state index in [1.807, 2.05) is 41.3 Å². The van der Waals surface area contributed by atoms with E-state index in [4.69, 9.17) is 11.5 Å². The van der Waals surface area contributed by atoms with E-state index in [-0.39, 0.29) is 29.7 Å². The molecule has 4 aromatic rings. The minimum Gasteiger partial charge on any atom is -0.368 e. The van der Waals surface area contributed by atoms with Crippen LogP contribution >= 0.6 is 0 Å². The lowest BCUT2D eigenvalue weighted by Crippen LogP contribution is -2.42. The van der Waals surface area contributed by atoms with E-state index in [2.05, 4.69) is 32.4 Å². The number of carbonyl (C=O) groups excluding carboxylic acids is 2. The molecule has 6 N–H and O–H groups in total. The minimum atomic E-state index is -0.264. The first-order valence-electron chi connectivity index (χ1n) is 13.9. The Hall–Kier alpha value is -4.24. The van der Waals surface area contributed by atoms with Gasteiger partial charge in [-0.15, -0.1) is 0 Å². The van der Waals surface area contributed by atoms with Gasteiger partial charge in [-0.3, -0.25) is 9.59 Å². The Morgan fingerprint density at radius 2 is 1.85 bits per heavy atom. The van der Waals surface area contributed by atoms with E-state index in [1.54, 1.807) is 12.4 Å². The quantitative estimate of drug-likeness (QED) is 0.256. The number of likely N-dealkylation sites (tertiary alicyclic amines) is 1. The average molecular weight is 540 g/mol. The van der Waals surface area contributed by atoms with E-state index >= 15 is 0 Å². The number of anilines is 1. The van der Waals surface area contributed by atoms with Crippen LogP contribution in [0, 0.1) is 0 Å². The van der Waals surface area contributed by atoms with Gasteiger partial charge in [0.25, 0.3) is 0 Å². The number of para-hydroxylation sites is 1. The highest BCUT2D eigenvalue weighted by molar-refractivity contribution is 5.85. The molecule has 2 aromatic heterocycles. The molecule has 9 nitrogen and oxygen atoms in total. The van der Waals surface area contributed by atoms with Gasteiger partial charge in [-0.25, -0.2) is 9.97 Å². The molecule has 40 heavy (non-hydrogen) atoms. The van der Waals surface area contributed by atoms with Crippen molar-refractivity contribution in [3.05, 3.63) is 77.7 Å². The number of hydrogen-bond donors (Lipinski definition) is 4. The number of amides is 2. The maximum Gasteiger partial charge on any atom is 0.224 e. The lowest BCUT2D eigenvalue weighted by molar-refractivity contribution is -0.132. The molecule has 1 saturated heterocycles. The molecule has 1 fully saturated rings. The van der Waals surface area contributed by atoms with Crippen LogP contribution in [-0.4, -0.2) is 57.3 Å². The van der Waals surface area contributed by atoms with E-state index in [0.29, 0.717) is 25.9 Å². The molecular formula is C31H37N7O2. The number of H-pyrrole nitrogens is 1. The highest BCUT2D eigenvalue weighted by Gasteiger charge is 2.28. The average Bonchev–Trinajstić information content (AvgIpc) is 3.32. The van der Waals surface area contributed by atoms with Crippen LogP contribution in [0.25, 0.3) is 22.0 Å². The number of nitrogens with two attached hydrogens (primary N) is 2. The topological polar surface area (TPSA) is 143 Å². The second-order valence-corrected chi connectivity index (χ2v) is 10.7. The van der Waals surface area contributed by atoms with Crippen molar-refractivity contribution in [3.63, 3.8) is 0 Å².